The van der Waals surface area contributed by atoms with Gasteiger partial charge in [-0.05, 0) is 49.5 Å². The van der Waals surface area contributed by atoms with Crippen molar-refractivity contribution in [2.24, 2.45) is 0 Å². The van der Waals surface area contributed by atoms with E-state index < -0.39 is 17.8 Å². The number of furan rings is 1. The molecule has 2 amide bonds. The number of rotatable bonds is 7. The molecule has 0 aliphatic carbocycles. The van der Waals surface area contributed by atoms with Gasteiger partial charge in [-0.2, -0.15) is 0 Å². The molecule has 9 heteroatoms. The minimum atomic E-state index is -0.588. The van der Waals surface area contributed by atoms with Crippen LogP contribution in [0, 0.1) is 0 Å². The van der Waals surface area contributed by atoms with Crippen LogP contribution in [0.4, 0.5) is 0 Å². The van der Waals surface area contributed by atoms with Crippen LogP contribution in [-0.4, -0.2) is 54.7 Å². The Morgan fingerprint density at radius 3 is 2.60 bits per heavy atom. The number of amides is 2. The predicted molar refractivity (Wildman–Crippen MR) is 112 cm³/mol. The van der Waals surface area contributed by atoms with Gasteiger partial charge in [0.25, 0.3) is 11.8 Å². The van der Waals surface area contributed by atoms with Gasteiger partial charge in [-0.25, -0.2) is 4.79 Å². The van der Waals surface area contributed by atoms with E-state index in [0.717, 1.165) is 5.56 Å². The van der Waals surface area contributed by atoms with Gasteiger partial charge < -0.3 is 13.9 Å². The number of carbonyl (C=O) groups excluding carboxylic acids is 3. The number of nitrogens with one attached hydrogen (secondary N) is 1. The van der Waals surface area contributed by atoms with Gasteiger partial charge in [0.1, 0.15) is 17.1 Å². The molecule has 0 radical (unpaired) electrons. The van der Waals surface area contributed by atoms with Crippen molar-refractivity contribution in [1.82, 2.24) is 10.2 Å². The minimum absolute atomic E-state index is 0.0426. The van der Waals surface area contributed by atoms with Crippen LogP contribution in [0.25, 0.3) is 17.4 Å². The summed E-state index contributed by atoms with van der Waals surface area (Å²) in [4.78, 5) is 37.9. The average molecular weight is 428 g/mol. The van der Waals surface area contributed by atoms with Gasteiger partial charge in [0.2, 0.25) is 0 Å². The minimum Gasteiger partial charge on any atom is -0.462 e. The quantitative estimate of drug-likeness (QED) is 0.313. The fourth-order valence-electron chi connectivity index (χ4n) is 2.79. The Bertz CT molecular complexity index is 1010. The Labute approximate surface area is 178 Å². The molecule has 2 heterocycles. The van der Waals surface area contributed by atoms with Crippen molar-refractivity contribution in [2.45, 2.75) is 6.92 Å². The van der Waals surface area contributed by atoms with Crippen LogP contribution in [-0.2, 0) is 19.1 Å². The summed E-state index contributed by atoms with van der Waals surface area (Å²) >= 11 is 5.06. The molecule has 1 saturated heterocycles. The monoisotopic (exact) mass is 428 g/mol. The van der Waals surface area contributed by atoms with E-state index in [1.807, 2.05) is 0 Å². The van der Waals surface area contributed by atoms with Crippen LogP contribution in [0.1, 0.15) is 23.0 Å². The van der Waals surface area contributed by atoms with Crippen LogP contribution >= 0.6 is 12.2 Å². The molecule has 1 aliphatic heterocycles. The van der Waals surface area contributed by atoms with E-state index in [9.17, 15) is 14.4 Å². The van der Waals surface area contributed by atoms with Crippen molar-refractivity contribution in [3.63, 3.8) is 0 Å². The van der Waals surface area contributed by atoms with Crippen molar-refractivity contribution in [1.29, 1.82) is 0 Å². The third-order valence-electron chi connectivity index (χ3n) is 4.30. The van der Waals surface area contributed by atoms with E-state index >= 15 is 0 Å². The predicted octanol–water partition coefficient (Wildman–Crippen LogP) is 2.40. The van der Waals surface area contributed by atoms with Gasteiger partial charge in [-0.3, -0.25) is 19.8 Å². The third kappa shape index (κ3) is 4.64. The molecule has 30 heavy (non-hydrogen) atoms. The van der Waals surface area contributed by atoms with E-state index in [4.69, 9.17) is 26.1 Å². The number of thiocarbonyl (C=S) groups is 1. The third-order valence-corrected chi connectivity index (χ3v) is 4.62. The number of nitrogens with zero attached hydrogens (tertiary/aromatic N) is 1. The highest BCUT2D eigenvalue weighted by Gasteiger charge is 2.33. The molecule has 156 valence electrons. The van der Waals surface area contributed by atoms with E-state index in [-0.39, 0.29) is 23.8 Å². The summed E-state index contributed by atoms with van der Waals surface area (Å²) in [6, 6.07) is 10.1. The topological polar surface area (TPSA) is 98.1 Å². The van der Waals surface area contributed by atoms with E-state index in [2.05, 4.69) is 5.32 Å². The SMILES string of the molecule is CCOC(=O)c1ccc(-c2ccc(/C=C3\C(=O)NC(=S)N(CCOC)C3=O)o2)cc1. The van der Waals surface area contributed by atoms with Gasteiger partial charge >= 0.3 is 5.97 Å². The highest BCUT2D eigenvalue weighted by molar-refractivity contribution is 7.80. The molecule has 0 saturated carbocycles. The fraction of sp³-hybridized carbons (Fsp3) is 0.238. The lowest BCUT2D eigenvalue weighted by Crippen LogP contribution is -2.54. The molecule has 1 aromatic heterocycles. The first-order valence-electron chi connectivity index (χ1n) is 9.19. The maximum Gasteiger partial charge on any atom is 0.338 e. The summed E-state index contributed by atoms with van der Waals surface area (Å²) in [6.07, 6.45) is 1.37. The first kappa shape index (κ1) is 21.4. The number of esters is 1. The number of hydrogen-bond donors (Lipinski definition) is 1. The van der Waals surface area contributed by atoms with E-state index in [1.54, 1.807) is 43.3 Å². The summed E-state index contributed by atoms with van der Waals surface area (Å²) in [6.45, 7) is 2.55. The second kappa shape index (κ2) is 9.47. The largest absolute Gasteiger partial charge is 0.462 e. The van der Waals surface area contributed by atoms with Crippen LogP contribution in [0.15, 0.2) is 46.4 Å². The molecule has 8 nitrogen and oxygen atoms in total. The van der Waals surface area contributed by atoms with Crippen molar-refractivity contribution in [3.8, 4) is 11.3 Å². The van der Waals surface area contributed by atoms with Gasteiger partial charge in [0, 0.05) is 12.7 Å². The van der Waals surface area contributed by atoms with Crippen LogP contribution < -0.4 is 5.32 Å². The maximum atomic E-state index is 12.7. The zero-order valence-electron chi connectivity index (χ0n) is 16.5. The summed E-state index contributed by atoms with van der Waals surface area (Å²) < 4.78 is 15.7. The van der Waals surface area contributed by atoms with Gasteiger partial charge in [0.15, 0.2) is 5.11 Å². The lowest BCUT2D eigenvalue weighted by atomic mass is 10.1. The summed E-state index contributed by atoms with van der Waals surface area (Å²) in [7, 11) is 1.51. The summed E-state index contributed by atoms with van der Waals surface area (Å²) in [5, 5.41) is 2.54. The Balaban J connectivity index is 1.80. The number of carbonyl (C=O) groups is 3. The highest BCUT2D eigenvalue weighted by atomic mass is 32.1. The van der Waals surface area contributed by atoms with Crippen molar-refractivity contribution in [2.75, 3.05) is 26.9 Å². The molecule has 0 spiro atoms. The van der Waals surface area contributed by atoms with Crippen LogP contribution in [0.3, 0.4) is 0 Å². The molecule has 0 unspecified atom stereocenters. The zero-order chi connectivity index (χ0) is 21.7. The number of ether oxygens (including phenoxy) is 2. The van der Waals surface area contributed by atoms with Crippen LogP contribution in [0.5, 0.6) is 0 Å². The first-order chi connectivity index (χ1) is 14.4. The highest BCUT2D eigenvalue weighted by Crippen LogP contribution is 2.25. The van der Waals surface area contributed by atoms with Gasteiger partial charge in [0.05, 0.1) is 25.3 Å². The Morgan fingerprint density at radius 1 is 1.20 bits per heavy atom. The Kier molecular flexibility index (Phi) is 6.76. The first-order valence-corrected chi connectivity index (χ1v) is 9.60. The number of hydrogen-bond acceptors (Lipinski definition) is 7. The smallest absolute Gasteiger partial charge is 0.338 e. The molecule has 1 aliphatic rings. The second-order valence-corrected chi connectivity index (χ2v) is 6.65. The van der Waals surface area contributed by atoms with Crippen molar-refractivity contribution < 1.29 is 28.3 Å². The fourth-order valence-corrected chi connectivity index (χ4v) is 3.06. The van der Waals surface area contributed by atoms with Crippen molar-refractivity contribution in [3.05, 3.63) is 53.3 Å². The molecular weight excluding hydrogens is 408 g/mol. The standard InChI is InChI=1S/C21H20N2O6S/c1-3-28-20(26)14-6-4-13(5-7-14)17-9-8-15(29-17)12-16-18(24)22-21(30)23(19(16)25)10-11-27-2/h4-9,12H,3,10-11H2,1-2H3,(H,22,24,30)/b16-12+. The normalized spacial score (nSPS) is 15.5. The molecule has 1 fully saturated rings. The maximum absolute atomic E-state index is 12.7. The Morgan fingerprint density at radius 2 is 1.93 bits per heavy atom. The van der Waals surface area contributed by atoms with Crippen LogP contribution in [0.2, 0.25) is 0 Å². The summed E-state index contributed by atoms with van der Waals surface area (Å²) in [5.74, 6) is -0.648. The molecular formula is C21H20N2O6S. The molecule has 0 atom stereocenters. The summed E-state index contributed by atoms with van der Waals surface area (Å²) in [5.41, 5.74) is 1.08. The van der Waals surface area contributed by atoms with E-state index in [1.165, 1.54) is 18.1 Å². The number of methoxy groups -OCH3 is 1. The average Bonchev–Trinajstić information content (AvgIpc) is 3.20. The van der Waals surface area contributed by atoms with Crippen molar-refractivity contribution >= 4 is 41.2 Å². The number of benzene rings is 1. The lowest BCUT2D eigenvalue weighted by Gasteiger charge is -2.28. The van der Waals surface area contributed by atoms with Gasteiger partial charge in [-0.1, -0.05) is 12.1 Å². The van der Waals surface area contributed by atoms with E-state index in [0.29, 0.717) is 23.7 Å². The second-order valence-electron chi connectivity index (χ2n) is 6.27. The zero-order valence-corrected chi connectivity index (χ0v) is 17.3. The van der Waals surface area contributed by atoms with Gasteiger partial charge in [-0.15, -0.1) is 0 Å². The Hall–Kier alpha value is -3.30. The molecule has 3 rings (SSSR count). The lowest BCUT2D eigenvalue weighted by molar-refractivity contribution is -0.129. The molecule has 2 aromatic rings. The molecule has 1 aromatic carbocycles. The molecule has 0 bridgehead atoms. The molecule has 1 N–H and O–H groups in total.